The number of rotatable bonds is 7. The molecule has 2 unspecified atom stereocenters. The number of ether oxygens (including phenoxy) is 5. The number of aliphatic hydroxyl groups is 1. The SMILES string of the molecule is COc1cc2cc(c1Cl)C(C)C(=O)C[C@H](OC(=O)[C@H](C)N(C)C(=O)CC(C)(C)S)C1(C)O[C@H]1[C@H](C)[C@@H]1C[C@@](O)(NC(=O)O1)[C@H](OC)/C=C/C=C(\C)C2. The van der Waals surface area contributed by atoms with Gasteiger partial charge in [0.25, 0.3) is 0 Å². The summed E-state index contributed by atoms with van der Waals surface area (Å²) in [6.07, 6.45) is 1.22. The highest BCUT2D eigenvalue weighted by Crippen LogP contribution is 2.49. The summed E-state index contributed by atoms with van der Waals surface area (Å²) in [6, 6.07) is 2.69. The van der Waals surface area contributed by atoms with E-state index in [1.54, 1.807) is 53.7 Å². The Morgan fingerprint density at radius 2 is 1.90 bits per heavy atom. The van der Waals surface area contributed by atoms with E-state index in [9.17, 15) is 24.3 Å². The smallest absolute Gasteiger partial charge is 0.409 e. The number of benzene rings is 1. The highest BCUT2D eigenvalue weighted by atomic mass is 35.5. The molecule has 2 aliphatic heterocycles. The van der Waals surface area contributed by atoms with Gasteiger partial charge in [-0.25, -0.2) is 9.59 Å². The lowest BCUT2D eigenvalue weighted by Gasteiger charge is -2.42. The van der Waals surface area contributed by atoms with Crippen LogP contribution in [0.4, 0.5) is 4.79 Å². The summed E-state index contributed by atoms with van der Waals surface area (Å²) in [5.74, 6) is -2.12. The standard InChI is InChI=1S/C38H53ClN2O10S/c1-20-12-11-13-29(48-10)38(46)18-28(49-35(45)40-38)22(3)33-37(7,51-33)30(50-34(44)23(4)41(8)31(43)19-36(5,6)52)17-26(42)21(2)25-15-24(14-20)16-27(47-9)32(25)39/h11-13,15-16,21-23,28-30,33,46,52H,14,17-19H2,1-10H3,(H,40,45)/b13-11+,20-12+/t21?,22-,23+,28+,29-,30+,33+,37?,38+/m1/s1. The molecule has 2 amide bonds. The Hall–Kier alpha value is -3.10. The molecule has 12 nitrogen and oxygen atoms in total. The lowest BCUT2D eigenvalue weighted by molar-refractivity contribution is -0.162. The Bertz CT molecular complexity index is 1610. The molecule has 3 aliphatic rings. The quantitative estimate of drug-likeness (QED) is 0.189. The topological polar surface area (TPSA) is 153 Å². The van der Waals surface area contributed by atoms with Gasteiger partial charge >= 0.3 is 12.1 Å². The highest BCUT2D eigenvalue weighted by molar-refractivity contribution is 7.81. The Morgan fingerprint density at radius 3 is 2.52 bits per heavy atom. The predicted octanol–water partition coefficient (Wildman–Crippen LogP) is 5.32. The first-order chi connectivity index (χ1) is 24.1. The number of nitrogens with zero attached hydrogens (tertiary/aromatic N) is 1. The monoisotopic (exact) mass is 764 g/mol. The number of alkyl carbamates (subject to hydrolysis) is 1. The Balaban J connectivity index is 1.76. The number of methoxy groups -OCH3 is 2. The van der Waals surface area contributed by atoms with Crippen LogP contribution in [0.1, 0.15) is 84.8 Å². The van der Waals surface area contributed by atoms with Crippen LogP contribution in [0.5, 0.6) is 5.75 Å². The van der Waals surface area contributed by atoms with Gasteiger partial charge in [-0.1, -0.05) is 69.2 Å². The van der Waals surface area contributed by atoms with Crippen molar-refractivity contribution in [2.45, 2.75) is 127 Å². The van der Waals surface area contributed by atoms with Gasteiger partial charge in [0.05, 0.1) is 18.2 Å². The fourth-order valence-corrected chi connectivity index (χ4v) is 7.41. The minimum Gasteiger partial charge on any atom is -0.495 e. The van der Waals surface area contributed by atoms with Crippen LogP contribution in [0.25, 0.3) is 0 Å². The zero-order chi connectivity index (χ0) is 38.9. The van der Waals surface area contributed by atoms with Crippen molar-refractivity contribution >= 4 is 48.0 Å². The molecule has 0 aromatic heterocycles. The largest absolute Gasteiger partial charge is 0.495 e. The molecule has 9 atom stereocenters. The van der Waals surface area contributed by atoms with E-state index in [0.29, 0.717) is 22.8 Å². The molecule has 4 rings (SSSR count). The number of hydrogen-bond donors (Lipinski definition) is 3. The maximum Gasteiger partial charge on any atom is 0.409 e. The summed E-state index contributed by atoms with van der Waals surface area (Å²) in [7, 11) is 4.45. The van der Waals surface area contributed by atoms with Crippen LogP contribution in [0.3, 0.4) is 0 Å². The van der Waals surface area contributed by atoms with Gasteiger partial charge in [0.2, 0.25) is 5.91 Å². The fraction of sp³-hybridized carbons (Fsp3) is 0.632. The maximum atomic E-state index is 14.2. The van der Waals surface area contributed by atoms with E-state index in [0.717, 1.165) is 11.1 Å². The van der Waals surface area contributed by atoms with E-state index < -0.39 is 70.4 Å². The van der Waals surface area contributed by atoms with Crippen molar-refractivity contribution in [2.75, 3.05) is 21.3 Å². The molecule has 1 aromatic carbocycles. The Labute approximate surface area is 316 Å². The zero-order valence-corrected chi connectivity index (χ0v) is 33.3. The number of epoxide rings is 1. The number of amides is 2. The average molecular weight is 765 g/mol. The first kappa shape index (κ1) is 41.7. The number of halogens is 1. The second-order valence-corrected chi connectivity index (χ2v) is 16.8. The van der Waals surface area contributed by atoms with Crippen LogP contribution in [0.15, 0.2) is 35.9 Å². The summed E-state index contributed by atoms with van der Waals surface area (Å²) >= 11 is 11.2. The van der Waals surface area contributed by atoms with Crippen LogP contribution >= 0.6 is 24.2 Å². The molecule has 288 valence electrons. The van der Waals surface area contributed by atoms with Crippen molar-refractivity contribution in [1.29, 1.82) is 0 Å². The molecule has 1 aromatic rings. The lowest BCUT2D eigenvalue weighted by Crippen LogP contribution is -2.63. The number of esters is 1. The van der Waals surface area contributed by atoms with E-state index in [1.807, 2.05) is 25.1 Å². The summed E-state index contributed by atoms with van der Waals surface area (Å²) in [4.78, 5) is 55.0. The first-order valence-electron chi connectivity index (χ1n) is 17.5. The fourth-order valence-electron chi connectivity index (χ4n) is 6.93. The number of allylic oxidation sites excluding steroid dienone is 3. The minimum absolute atomic E-state index is 0.0443. The van der Waals surface area contributed by atoms with Gasteiger partial charge in [0.1, 0.15) is 41.5 Å². The van der Waals surface area contributed by atoms with E-state index in [1.165, 1.54) is 26.2 Å². The molecule has 2 fully saturated rings. The van der Waals surface area contributed by atoms with Gasteiger partial charge in [0, 0.05) is 50.0 Å². The average Bonchev–Trinajstić information content (AvgIpc) is 3.75. The van der Waals surface area contributed by atoms with Crippen molar-refractivity contribution in [3.63, 3.8) is 0 Å². The third-order valence-electron chi connectivity index (χ3n) is 10.4. The van der Waals surface area contributed by atoms with Crippen LogP contribution < -0.4 is 10.1 Å². The number of carbonyl (C=O) groups is 4. The normalized spacial score (nSPS) is 33.3. The van der Waals surface area contributed by atoms with E-state index >= 15 is 0 Å². The second-order valence-electron chi connectivity index (χ2n) is 15.2. The van der Waals surface area contributed by atoms with Crippen LogP contribution in [-0.2, 0) is 39.8 Å². The van der Waals surface area contributed by atoms with Gasteiger partial charge in [-0.05, 0) is 44.4 Å². The lowest BCUT2D eigenvalue weighted by atomic mass is 9.82. The molecule has 2 saturated heterocycles. The molecule has 0 radical (unpaired) electrons. The number of carbonyl (C=O) groups excluding carboxylic acids is 4. The third kappa shape index (κ3) is 9.33. The Kier molecular flexibility index (Phi) is 12.9. The second kappa shape index (κ2) is 16.1. The number of hydrogen-bond acceptors (Lipinski definition) is 11. The number of nitrogens with one attached hydrogen (secondary N) is 1. The van der Waals surface area contributed by atoms with Crippen molar-refractivity contribution in [3.8, 4) is 5.75 Å². The van der Waals surface area contributed by atoms with Crippen LogP contribution in [0.2, 0.25) is 5.02 Å². The van der Waals surface area contributed by atoms with Gasteiger partial charge in [-0.15, -0.1) is 0 Å². The summed E-state index contributed by atoms with van der Waals surface area (Å²) < 4.78 is 28.7. The molecule has 2 heterocycles. The summed E-state index contributed by atoms with van der Waals surface area (Å²) in [5, 5.41) is 14.5. The van der Waals surface area contributed by atoms with E-state index in [4.69, 9.17) is 35.3 Å². The Morgan fingerprint density at radius 1 is 1.23 bits per heavy atom. The minimum atomic E-state index is -1.82. The van der Waals surface area contributed by atoms with Gasteiger partial charge in [-0.3, -0.25) is 14.9 Å². The zero-order valence-electron chi connectivity index (χ0n) is 31.7. The predicted molar refractivity (Wildman–Crippen MR) is 199 cm³/mol. The molecule has 1 aliphatic carbocycles. The number of likely N-dealkylation sites (N-methyl/N-ethyl adjacent to an activating group) is 1. The van der Waals surface area contributed by atoms with Gasteiger partial charge in [-0.2, -0.15) is 12.6 Å². The van der Waals surface area contributed by atoms with Crippen molar-refractivity contribution in [1.82, 2.24) is 10.2 Å². The molecule has 52 heavy (non-hydrogen) atoms. The maximum absolute atomic E-state index is 14.2. The number of ketones is 1. The number of Topliss-reactive ketones (excluding diaryl/α,β-unsaturated/α-hetero) is 1. The van der Waals surface area contributed by atoms with Crippen molar-refractivity contribution in [2.24, 2.45) is 5.92 Å². The van der Waals surface area contributed by atoms with E-state index in [2.05, 4.69) is 17.9 Å². The van der Waals surface area contributed by atoms with Gasteiger partial charge < -0.3 is 33.7 Å². The van der Waals surface area contributed by atoms with Crippen molar-refractivity contribution < 1.29 is 48.0 Å². The van der Waals surface area contributed by atoms with Crippen molar-refractivity contribution in [3.05, 3.63) is 52.1 Å². The molecule has 14 heteroatoms. The molecule has 0 spiro atoms. The van der Waals surface area contributed by atoms with Crippen LogP contribution in [0, 0.1) is 5.92 Å². The molecule has 2 N–H and O–H groups in total. The molecule has 0 saturated carbocycles. The molecule has 4 bridgehead atoms. The molecular formula is C38H53ClN2O10S. The number of thiol groups is 1. The number of fused-ring (bicyclic) bond motifs is 5. The highest BCUT2D eigenvalue weighted by Gasteiger charge is 2.64. The molecular weight excluding hydrogens is 712 g/mol. The first-order valence-corrected chi connectivity index (χ1v) is 18.3. The summed E-state index contributed by atoms with van der Waals surface area (Å²) in [6.45, 7) is 12.4. The summed E-state index contributed by atoms with van der Waals surface area (Å²) in [5.41, 5.74) is -0.665. The van der Waals surface area contributed by atoms with Crippen LogP contribution in [-0.4, -0.2) is 102 Å². The van der Waals surface area contributed by atoms with Gasteiger partial charge in [0.15, 0.2) is 5.72 Å². The van der Waals surface area contributed by atoms with E-state index in [-0.39, 0.29) is 31.0 Å². The third-order valence-corrected chi connectivity index (χ3v) is 11.0.